The van der Waals surface area contributed by atoms with Gasteiger partial charge in [-0.1, -0.05) is 126 Å². The van der Waals surface area contributed by atoms with Crippen molar-refractivity contribution < 1.29 is 71.4 Å². The van der Waals surface area contributed by atoms with Crippen LogP contribution in [0.3, 0.4) is 0 Å². The molecule has 0 aromatic carbocycles. The quantitative estimate of drug-likeness (QED) is 0.0129. The average Bonchev–Trinajstić information content (AvgIpc) is 3.55. The molecule has 21 heteroatoms. The van der Waals surface area contributed by atoms with E-state index in [2.05, 4.69) is 23.1 Å². The first-order chi connectivity index (χ1) is 31.5. The molecule has 7 N–H and O–H groups in total. The number of unbranched alkanes of at least 4 members (excludes halogenated alkanes) is 6. The number of carbonyl (C=O) groups excluding carboxylic acids is 2. The molecular formula is C45H73N3O16P2. The molecule has 1 aliphatic rings. The maximum Gasteiger partial charge on any atom is 0.481 e. The van der Waals surface area contributed by atoms with Crippen LogP contribution in [0.15, 0.2) is 77.8 Å². The average molecular weight is 974 g/mol. The zero-order valence-corrected chi connectivity index (χ0v) is 40.3. The molecule has 1 aromatic heterocycles. The van der Waals surface area contributed by atoms with Crippen molar-refractivity contribution in [1.82, 2.24) is 9.55 Å². The lowest BCUT2D eigenvalue weighted by Gasteiger charge is -2.21. The molecule has 374 valence electrons. The lowest BCUT2D eigenvalue weighted by Crippen LogP contribution is -2.36. The van der Waals surface area contributed by atoms with E-state index >= 15 is 0 Å². The van der Waals surface area contributed by atoms with Gasteiger partial charge in [-0.2, -0.15) is 9.29 Å². The van der Waals surface area contributed by atoms with Crippen LogP contribution < -0.4 is 11.4 Å². The second kappa shape index (κ2) is 33.0. The lowest BCUT2D eigenvalue weighted by molar-refractivity contribution is -0.161. The number of aliphatic hydroxyl groups excluding tert-OH is 3. The van der Waals surface area contributed by atoms with E-state index in [0.717, 1.165) is 55.7 Å². The van der Waals surface area contributed by atoms with Crippen LogP contribution in [0.25, 0.3) is 0 Å². The summed E-state index contributed by atoms with van der Waals surface area (Å²) < 4.78 is 56.4. The van der Waals surface area contributed by atoms with Crippen molar-refractivity contribution in [2.45, 2.75) is 160 Å². The third-order valence-corrected chi connectivity index (χ3v) is 12.8. The van der Waals surface area contributed by atoms with Gasteiger partial charge in [-0.15, -0.1) is 0 Å². The van der Waals surface area contributed by atoms with Gasteiger partial charge in [0.25, 0.3) is 0 Å². The highest BCUT2D eigenvalue weighted by molar-refractivity contribution is 7.61. The van der Waals surface area contributed by atoms with E-state index in [4.69, 9.17) is 29.0 Å². The number of rotatable bonds is 35. The minimum atomic E-state index is -5.44. The third kappa shape index (κ3) is 26.1. The monoisotopic (exact) mass is 973 g/mol. The Balaban J connectivity index is 1.87. The highest BCUT2D eigenvalue weighted by Crippen LogP contribution is 2.60. The molecule has 1 fully saturated rings. The molecule has 0 saturated carbocycles. The van der Waals surface area contributed by atoms with Gasteiger partial charge in [-0.05, 0) is 56.9 Å². The molecular weight excluding hydrogens is 900 g/mol. The topological polar surface area (TPSA) is 286 Å². The molecule has 9 atom stereocenters. The summed E-state index contributed by atoms with van der Waals surface area (Å²) in [7, 11) is -10.9. The van der Waals surface area contributed by atoms with E-state index in [1.807, 2.05) is 61.6 Å². The molecule has 4 unspecified atom stereocenters. The molecule has 1 aliphatic heterocycles. The van der Waals surface area contributed by atoms with Crippen molar-refractivity contribution in [2.75, 3.05) is 25.6 Å². The SMILES string of the molecule is CC/C=C\C(O)C/C=C/C=C\C/C=C\C/C=C\CCCC(=O)O[C@H](COC(=O)CCCCCCCCC(C)CC)COP(=O)(O)OP(=O)(O)OC[C@H]1O[C@@H](n2ccc(N)nc2=O)[C@H](O)[C@@H]1O. The number of nitrogens with two attached hydrogens (primary N) is 1. The molecule has 0 radical (unpaired) electrons. The Morgan fingerprint density at radius 3 is 2.23 bits per heavy atom. The van der Waals surface area contributed by atoms with E-state index in [-0.39, 0.29) is 18.7 Å². The maximum atomic E-state index is 12.8. The fraction of sp³-hybridized carbons (Fsp3) is 0.644. The predicted octanol–water partition coefficient (Wildman–Crippen LogP) is 7.21. The Bertz CT molecular complexity index is 1870. The number of allylic oxidation sites excluding steroid dienone is 8. The number of nitrogens with zero attached hydrogens (tertiary/aromatic N) is 2. The van der Waals surface area contributed by atoms with E-state index in [1.165, 1.54) is 18.9 Å². The van der Waals surface area contributed by atoms with Gasteiger partial charge < -0.3 is 45.1 Å². The summed E-state index contributed by atoms with van der Waals surface area (Å²) in [6, 6.07) is 1.24. The van der Waals surface area contributed by atoms with Gasteiger partial charge >= 0.3 is 33.3 Å². The number of phosphoric ester groups is 2. The number of esters is 2. The number of nitrogen functional groups attached to an aromatic ring is 1. The van der Waals surface area contributed by atoms with Gasteiger partial charge in [0.1, 0.15) is 30.7 Å². The predicted molar refractivity (Wildman–Crippen MR) is 248 cm³/mol. The Morgan fingerprint density at radius 1 is 0.864 bits per heavy atom. The first-order valence-electron chi connectivity index (χ1n) is 22.8. The van der Waals surface area contributed by atoms with Crippen LogP contribution in [-0.4, -0.2) is 96.9 Å². The molecule has 2 rings (SSSR count). The summed E-state index contributed by atoms with van der Waals surface area (Å²) in [6.07, 6.45) is 24.1. The van der Waals surface area contributed by atoms with E-state index in [1.54, 1.807) is 6.08 Å². The highest BCUT2D eigenvalue weighted by Gasteiger charge is 2.46. The number of carbonyl (C=O) groups is 2. The van der Waals surface area contributed by atoms with Crippen LogP contribution in [0.1, 0.15) is 130 Å². The van der Waals surface area contributed by atoms with Crippen molar-refractivity contribution >= 4 is 33.4 Å². The standard InChI is InChI=1S/C45H73N3O16P2/c1-4-6-26-36(49)27-22-18-13-11-9-7-8-10-12-14-20-24-29-41(51)62-37(32-59-40(50)28-23-19-16-15-17-21-25-35(3)5-2)33-60-65(55,56)64-66(57,58)61-34-38-42(52)43(53)44(63-38)48-31-30-39(46)47-45(48)54/h6-8,11-14,18,22,26,30-31,35-38,42-44,49,52-53H,4-5,9-10,15-17,19-21,23-25,27-29,32-34H2,1-3H3,(H,55,56)(H,57,58)(H2,46,47,54)/b8-7-,13-11-,14-12-,22-18+,26-6-/t35?,36?,37-,38-,42-,43-,44-/m1/s1. The largest absolute Gasteiger partial charge is 0.481 e. The van der Waals surface area contributed by atoms with Crippen molar-refractivity contribution in [3.8, 4) is 0 Å². The first-order valence-corrected chi connectivity index (χ1v) is 25.8. The Morgan fingerprint density at radius 2 is 1.52 bits per heavy atom. The smallest absolute Gasteiger partial charge is 0.462 e. The number of aliphatic hydroxyl groups is 3. The van der Waals surface area contributed by atoms with Crippen molar-refractivity contribution in [1.29, 1.82) is 0 Å². The molecule has 1 saturated heterocycles. The third-order valence-electron chi connectivity index (χ3n) is 10.2. The number of anilines is 1. The molecule has 0 bridgehead atoms. The Labute approximate surface area is 388 Å². The van der Waals surface area contributed by atoms with Gasteiger partial charge in [0.15, 0.2) is 12.3 Å². The minimum absolute atomic E-state index is 0.0483. The molecule has 0 aliphatic carbocycles. The molecule has 19 nitrogen and oxygen atoms in total. The summed E-state index contributed by atoms with van der Waals surface area (Å²) in [5.74, 6) is -0.692. The minimum Gasteiger partial charge on any atom is -0.462 e. The Kier molecular flexibility index (Phi) is 29.3. The molecule has 66 heavy (non-hydrogen) atoms. The lowest BCUT2D eigenvalue weighted by atomic mass is 10.00. The van der Waals surface area contributed by atoms with Crippen LogP contribution in [0.4, 0.5) is 5.82 Å². The Hall–Kier alpha value is -3.58. The molecule has 0 spiro atoms. The summed E-state index contributed by atoms with van der Waals surface area (Å²) in [5, 5.41) is 30.6. The fourth-order valence-electron chi connectivity index (χ4n) is 6.28. The molecule has 2 heterocycles. The van der Waals surface area contributed by atoms with Crippen molar-refractivity contribution in [3.05, 3.63) is 83.5 Å². The van der Waals surface area contributed by atoms with E-state index in [9.17, 15) is 48.6 Å². The van der Waals surface area contributed by atoms with Gasteiger partial charge in [0.2, 0.25) is 0 Å². The van der Waals surface area contributed by atoms with Crippen LogP contribution in [0.5, 0.6) is 0 Å². The van der Waals surface area contributed by atoms with Gasteiger partial charge in [-0.25, -0.2) is 13.9 Å². The van der Waals surface area contributed by atoms with Crippen LogP contribution >= 0.6 is 15.6 Å². The van der Waals surface area contributed by atoms with Gasteiger partial charge in [-0.3, -0.25) is 23.2 Å². The van der Waals surface area contributed by atoms with Gasteiger partial charge in [0.05, 0.1) is 19.3 Å². The van der Waals surface area contributed by atoms with Crippen molar-refractivity contribution in [3.63, 3.8) is 0 Å². The summed E-state index contributed by atoms with van der Waals surface area (Å²) in [5.41, 5.74) is 4.56. The molecule has 1 aromatic rings. The molecule has 0 amide bonds. The number of ether oxygens (including phenoxy) is 3. The maximum absolute atomic E-state index is 12.8. The first kappa shape index (κ1) is 58.5. The zero-order chi connectivity index (χ0) is 48.8. The number of phosphoric acid groups is 2. The summed E-state index contributed by atoms with van der Waals surface area (Å²) in [6.45, 7) is 4.05. The van der Waals surface area contributed by atoms with Crippen LogP contribution in [0.2, 0.25) is 0 Å². The number of aromatic nitrogens is 2. The summed E-state index contributed by atoms with van der Waals surface area (Å²) >= 11 is 0. The second-order valence-corrected chi connectivity index (χ2v) is 19.0. The van der Waals surface area contributed by atoms with Crippen molar-refractivity contribution in [2.24, 2.45) is 5.92 Å². The van der Waals surface area contributed by atoms with Crippen LogP contribution in [-0.2, 0) is 46.3 Å². The summed E-state index contributed by atoms with van der Waals surface area (Å²) in [4.78, 5) is 61.6. The van der Waals surface area contributed by atoms with E-state index < -0.39 is 89.8 Å². The van der Waals surface area contributed by atoms with Gasteiger partial charge in [0, 0.05) is 19.0 Å². The number of hydrogen-bond acceptors (Lipinski definition) is 16. The highest BCUT2D eigenvalue weighted by atomic mass is 31.3. The number of hydrogen-bond donors (Lipinski definition) is 6. The van der Waals surface area contributed by atoms with E-state index in [0.29, 0.717) is 38.0 Å². The second-order valence-electron chi connectivity index (χ2n) is 16.0. The normalized spacial score (nSPS) is 21.2. The zero-order valence-electron chi connectivity index (χ0n) is 38.5. The van der Waals surface area contributed by atoms with Crippen LogP contribution in [0, 0.1) is 5.92 Å². The fourth-order valence-corrected chi connectivity index (χ4v) is 8.39.